The molecule has 0 aliphatic carbocycles. The molecule has 0 atom stereocenters. The van der Waals surface area contributed by atoms with E-state index in [1.165, 1.54) is 5.56 Å². The zero-order valence-electron chi connectivity index (χ0n) is 13.4. The summed E-state index contributed by atoms with van der Waals surface area (Å²) in [5, 5.41) is 14.2. The molecule has 0 aliphatic rings. The normalized spacial score (nSPS) is 10.8. The zero-order chi connectivity index (χ0) is 16.3. The second kappa shape index (κ2) is 7.03. The van der Waals surface area contributed by atoms with Crippen LogP contribution in [0.25, 0.3) is 0 Å². The summed E-state index contributed by atoms with van der Waals surface area (Å²) in [6.45, 7) is 5.35. The highest BCUT2D eigenvalue weighted by atomic mass is 35.5. The van der Waals surface area contributed by atoms with Gasteiger partial charge in [-0.25, -0.2) is 0 Å². The number of hydrogen-bond donors (Lipinski definition) is 1. The smallest absolute Gasteiger partial charge is 0.137 e. The molecule has 2 aromatic rings. The van der Waals surface area contributed by atoms with Gasteiger partial charge < -0.3 is 14.7 Å². The fraction of sp³-hybridized carbons (Fsp3) is 0.438. The first-order valence-electron chi connectivity index (χ1n) is 7.16. The minimum absolute atomic E-state index is 0.0886. The molecule has 6 heteroatoms. The number of anilines is 1. The molecule has 1 N–H and O–H groups in total. The van der Waals surface area contributed by atoms with Crippen molar-refractivity contribution < 1.29 is 9.84 Å². The Morgan fingerprint density at radius 1 is 1.36 bits per heavy atom. The molecule has 0 spiro atoms. The number of rotatable bonds is 6. The van der Waals surface area contributed by atoms with E-state index >= 15 is 0 Å². The fourth-order valence-electron chi connectivity index (χ4n) is 2.50. The predicted molar refractivity (Wildman–Crippen MR) is 88.9 cm³/mol. The maximum atomic E-state index is 9.09. The van der Waals surface area contributed by atoms with Crippen molar-refractivity contribution in [1.82, 2.24) is 9.78 Å². The Bertz CT molecular complexity index is 655. The molecular weight excluding hydrogens is 302 g/mol. The standard InChI is InChI=1S/C16H22ClN3O2/c1-11-14(12(2)20(18-11)7-8-21)10-19(3)13-5-6-16(22-4)15(17)9-13/h5-6,9,21H,7-8,10H2,1-4H3. The van der Waals surface area contributed by atoms with Crippen molar-refractivity contribution in [3.63, 3.8) is 0 Å². The van der Waals surface area contributed by atoms with Gasteiger partial charge in [-0.05, 0) is 32.0 Å². The van der Waals surface area contributed by atoms with Crippen LogP contribution < -0.4 is 9.64 Å². The quantitative estimate of drug-likeness (QED) is 0.888. The SMILES string of the molecule is COc1ccc(N(C)Cc2c(C)nn(CCO)c2C)cc1Cl. The highest BCUT2D eigenvalue weighted by Crippen LogP contribution is 2.29. The van der Waals surface area contributed by atoms with Gasteiger partial charge in [-0.2, -0.15) is 5.10 Å². The fourth-order valence-corrected chi connectivity index (χ4v) is 2.75. The number of aryl methyl sites for hydroxylation is 1. The lowest BCUT2D eigenvalue weighted by atomic mass is 10.1. The number of benzene rings is 1. The van der Waals surface area contributed by atoms with Crippen molar-refractivity contribution in [3.8, 4) is 5.75 Å². The number of aliphatic hydroxyl groups excluding tert-OH is 1. The summed E-state index contributed by atoms with van der Waals surface area (Å²) < 4.78 is 7.03. The van der Waals surface area contributed by atoms with Gasteiger partial charge >= 0.3 is 0 Å². The maximum absolute atomic E-state index is 9.09. The molecule has 1 aromatic heterocycles. The third-order valence-corrected chi connectivity index (χ3v) is 4.11. The third-order valence-electron chi connectivity index (χ3n) is 3.81. The highest BCUT2D eigenvalue weighted by molar-refractivity contribution is 6.32. The summed E-state index contributed by atoms with van der Waals surface area (Å²) >= 11 is 6.19. The van der Waals surface area contributed by atoms with Gasteiger partial charge in [-0.15, -0.1) is 0 Å². The van der Waals surface area contributed by atoms with Crippen molar-refractivity contribution in [2.24, 2.45) is 0 Å². The largest absolute Gasteiger partial charge is 0.495 e. The van der Waals surface area contributed by atoms with Crippen molar-refractivity contribution in [1.29, 1.82) is 0 Å². The Morgan fingerprint density at radius 2 is 2.09 bits per heavy atom. The summed E-state index contributed by atoms with van der Waals surface area (Å²) in [5.74, 6) is 0.668. The van der Waals surface area contributed by atoms with Gasteiger partial charge in [0, 0.05) is 30.5 Å². The molecule has 0 amide bonds. The number of aliphatic hydroxyl groups is 1. The Morgan fingerprint density at radius 3 is 2.68 bits per heavy atom. The Labute approximate surface area is 136 Å². The van der Waals surface area contributed by atoms with Gasteiger partial charge in [0.1, 0.15) is 5.75 Å². The van der Waals surface area contributed by atoms with E-state index in [9.17, 15) is 0 Å². The van der Waals surface area contributed by atoms with Gasteiger partial charge in [0.2, 0.25) is 0 Å². The number of methoxy groups -OCH3 is 1. The van der Waals surface area contributed by atoms with Crippen LogP contribution >= 0.6 is 11.6 Å². The van der Waals surface area contributed by atoms with E-state index in [4.69, 9.17) is 21.4 Å². The summed E-state index contributed by atoms with van der Waals surface area (Å²) in [4.78, 5) is 2.12. The van der Waals surface area contributed by atoms with E-state index in [2.05, 4.69) is 10.00 Å². The van der Waals surface area contributed by atoms with E-state index in [0.29, 0.717) is 17.3 Å². The van der Waals surface area contributed by atoms with Gasteiger partial charge in [0.05, 0.1) is 31.0 Å². The molecule has 1 heterocycles. The minimum Gasteiger partial charge on any atom is -0.495 e. The molecule has 22 heavy (non-hydrogen) atoms. The first-order chi connectivity index (χ1) is 10.5. The van der Waals surface area contributed by atoms with Gasteiger partial charge in [-0.1, -0.05) is 11.6 Å². The average molecular weight is 324 g/mol. The molecule has 2 rings (SSSR count). The first kappa shape index (κ1) is 16.6. The molecule has 0 aliphatic heterocycles. The molecule has 0 radical (unpaired) electrons. The van der Waals surface area contributed by atoms with Crippen molar-refractivity contribution in [2.45, 2.75) is 26.9 Å². The van der Waals surface area contributed by atoms with E-state index in [1.807, 2.05) is 43.8 Å². The molecule has 0 fully saturated rings. The van der Waals surface area contributed by atoms with Crippen LogP contribution in [-0.4, -0.2) is 35.7 Å². The van der Waals surface area contributed by atoms with Crippen LogP contribution in [0.2, 0.25) is 5.02 Å². The zero-order valence-corrected chi connectivity index (χ0v) is 14.2. The second-order valence-corrected chi connectivity index (χ2v) is 5.68. The van der Waals surface area contributed by atoms with Crippen molar-refractivity contribution >= 4 is 17.3 Å². The van der Waals surface area contributed by atoms with Crippen LogP contribution in [0.5, 0.6) is 5.75 Å². The topological polar surface area (TPSA) is 50.5 Å². The molecule has 0 saturated heterocycles. The lowest BCUT2D eigenvalue weighted by Gasteiger charge is -2.20. The number of aromatic nitrogens is 2. The van der Waals surface area contributed by atoms with Gasteiger partial charge in [0.25, 0.3) is 0 Å². The van der Waals surface area contributed by atoms with Crippen LogP contribution in [0.4, 0.5) is 5.69 Å². The van der Waals surface area contributed by atoms with E-state index < -0.39 is 0 Å². The van der Waals surface area contributed by atoms with Crippen LogP contribution in [0.15, 0.2) is 18.2 Å². The van der Waals surface area contributed by atoms with Gasteiger partial charge in [-0.3, -0.25) is 4.68 Å². The van der Waals surface area contributed by atoms with Crippen LogP contribution in [0.1, 0.15) is 17.0 Å². The molecule has 0 saturated carbocycles. The lowest BCUT2D eigenvalue weighted by Crippen LogP contribution is -2.17. The Kier molecular flexibility index (Phi) is 5.32. The van der Waals surface area contributed by atoms with Crippen LogP contribution in [-0.2, 0) is 13.1 Å². The van der Waals surface area contributed by atoms with Gasteiger partial charge in [0.15, 0.2) is 0 Å². The molecule has 0 unspecified atom stereocenters. The Hall–Kier alpha value is -1.72. The highest BCUT2D eigenvalue weighted by Gasteiger charge is 2.14. The first-order valence-corrected chi connectivity index (χ1v) is 7.54. The number of halogens is 1. The van der Waals surface area contributed by atoms with E-state index in [0.717, 1.165) is 23.6 Å². The molecule has 120 valence electrons. The summed E-state index contributed by atoms with van der Waals surface area (Å²) in [7, 11) is 3.62. The Balaban J connectivity index is 2.22. The van der Waals surface area contributed by atoms with E-state index in [1.54, 1.807) is 7.11 Å². The molecular formula is C16H22ClN3O2. The second-order valence-electron chi connectivity index (χ2n) is 5.27. The van der Waals surface area contributed by atoms with E-state index in [-0.39, 0.29) is 6.61 Å². The third kappa shape index (κ3) is 3.36. The maximum Gasteiger partial charge on any atom is 0.137 e. The monoisotopic (exact) mass is 323 g/mol. The van der Waals surface area contributed by atoms with Crippen LogP contribution in [0.3, 0.4) is 0 Å². The average Bonchev–Trinajstić information content (AvgIpc) is 2.75. The summed E-state index contributed by atoms with van der Waals surface area (Å²) in [6, 6.07) is 5.74. The van der Waals surface area contributed by atoms with Crippen molar-refractivity contribution in [2.75, 3.05) is 25.7 Å². The number of nitrogens with zero attached hydrogens (tertiary/aromatic N) is 3. The molecule has 5 nitrogen and oxygen atoms in total. The number of hydrogen-bond acceptors (Lipinski definition) is 4. The van der Waals surface area contributed by atoms with Crippen molar-refractivity contribution in [3.05, 3.63) is 40.2 Å². The predicted octanol–water partition coefficient (Wildman–Crippen LogP) is 2.79. The molecule has 0 bridgehead atoms. The minimum atomic E-state index is 0.0886. The van der Waals surface area contributed by atoms with Crippen LogP contribution in [0, 0.1) is 13.8 Å². The molecule has 1 aromatic carbocycles. The summed E-state index contributed by atoms with van der Waals surface area (Å²) in [6.07, 6.45) is 0. The lowest BCUT2D eigenvalue weighted by molar-refractivity contribution is 0.268. The summed E-state index contributed by atoms with van der Waals surface area (Å²) in [5.41, 5.74) is 4.25. The number of ether oxygens (including phenoxy) is 1.